The van der Waals surface area contributed by atoms with Gasteiger partial charge in [-0.15, -0.1) is 0 Å². The molecule has 0 radical (unpaired) electrons. The summed E-state index contributed by atoms with van der Waals surface area (Å²) in [7, 11) is 0. The van der Waals surface area contributed by atoms with Gasteiger partial charge in [-0.05, 0) is 30.5 Å². The van der Waals surface area contributed by atoms with Crippen LogP contribution in [0.2, 0.25) is 0 Å². The van der Waals surface area contributed by atoms with Gasteiger partial charge in [-0.1, -0.05) is 12.1 Å². The maximum atomic E-state index is 12.4. The van der Waals surface area contributed by atoms with Crippen molar-refractivity contribution in [2.75, 3.05) is 13.2 Å². The van der Waals surface area contributed by atoms with Crippen LogP contribution in [0.1, 0.15) is 35.8 Å². The van der Waals surface area contributed by atoms with E-state index in [1.165, 1.54) is 0 Å². The number of fused-ring (bicyclic) bond motifs is 1. The summed E-state index contributed by atoms with van der Waals surface area (Å²) in [5.41, 5.74) is 1.91. The zero-order valence-corrected chi connectivity index (χ0v) is 13.6. The summed E-state index contributed by atoms with van der Waals surface area (Å²) in [4.78, 5) is 19.8. The van der Waals surface area contributed by atoms with Gasteiger partial charge in [-0.25, -0.2) is 9.67 Å². The first-order valence-corrected chi connectivity index (χ1v) is 8.28. The van der Waals surface area contributed by atoms with Crippen molar-refractivity contribution in [1.82, 2.24) is 19.7 Å². The van der Waals surface area contributed by atoms with E-state index in [9.17, 15) is 4.79 Å². The minimum Gasteiger partial charge on any atom is -0.379 e. The van der Waals surface area contributed by atoms with Crippen molar-refractivity contribution in [1.29, 1.82) is 5.26 Å². The molecule has 1 unspecified atom stereocenters. The zero-order valence-electron chi connectivity index (χ0n) is 13.6. The average molecular weight is 335 g/mol. The summed E-state index contributed by atoms with van der Waals surface area (Å²) in [5.74, 6) is 0.561. The van der Waals surface area contributed by atoms with Crippen LogP contribution in [0.15, 0.2) is 35.3 Å². The second-order valence-corrected chi connectivity index (χ2v) is 6.20. The third kappa shape index (κ3) is 3.04. The quantitative estimate of drug-likeness (QED) is 0.789. The lowest BCUT2D eigenvalue weighted by molar-refractivity contribution is 0.0563. The van der Waals surface area contributed by atoms with Crippen LogP contribution in [0.4, 0.5) is 0 Å². The molecule has 4 rings (SSSR count). The third-order valence-electron chi connectivity index (χ3n) is 4.42. The van der Waals surface area contributed by atoms with Crippen molar-refractivity contribution in [3.63, 3.8) is 0 Å². The van der Waals surface area contributed by atoms with Crippen molar-refractivity contribution in [2.24, 2.45) is 0 Å². The van der Waals surface area contributed by atoms with Crippen LogP contribution in [0.25, 0.3) is 11.0 Å². The average Bonchev–Trinajstić information content (AvgIpc) is 3.07. The molecule has 7 heteroatoms. The van der Waals surface area contributed by atoms with E-state index < -0.39 is 0 Å². The van der Waals surface area contributed by atoms with E-state index in [1.54, 1.807) is 23.0 Å². The first-order chi connectivity index (χ1) is 12.2. The van der Waals surface area contributed by atoms with Gasteiger partial charge in [0.2, 0.25) is 0 Å². The smallest absolute Gasteiger partial charge is 0.262 e. The zero-order chi connectivity index (χ0) is 17.2. The van der Waals surface area contributed by atoms with E-state index >= 15 is 0 Å². The van der Waals surface area contributed by atoms with Crippen LogP contribution in [0, 0.1) is 11.3 Å². The van der Waals surface area contributed by atoms with E-state index in [0.717, 1.165) is 25.0 Å². The molecule has 2 aromatic heterocycles. The molecule has 0 bridgehead atoms. The van der Waals surface area contributed by atoms with Gasteiger partial charge in [0.15, 0.2) is 5.65 Å². The molecule has 1 atom stereocenters. The van der Waals surface area contributed by atoms with Gasteiger partial charge < -0.3 is 9.72 Å². The lowest BCUT2D eigenvalue weighted by Crippen LogP contribution is -2.23. The fourth-order valence-electron chi connectivity index (χ4n) is 3.19. The van der Waals surface area contributed by atoms with Crippen molar-refractivity contribution in [3.05, 3.63) is 57.8 Å². The van der Waals surface area contributed by atoms with Crippen LogP contribution in [-0.4, -0.2) is 33.0 Å². The predicted octanol–water partition coefficient (Wildman–Crippen LogP) is 1.93. The molecule has 0 amide bonds. The van der Waals surface area contributed by atoms with Gasteiger partial charge in [-0.3, -0.25) is 4.79 Å². The van der Waals surface area contributed by atoms with Gasteiger partial charge in [-0.2, -0.15) is 10.4 Å². The van der Waals surface area contributed by atoms with E-state index in [2.05, 4.69) is 21.1 Å². The van der Waals surface area contributed by atoms with E-state index in [0.29, 0.717) is 35.4 Å². The van der Waals surface area contributed by atoms with E-state index in [4.69, 9.17) is 10.00 Å². The molecule has 1 aromatic carbocycles. The molecule has 0 spiro atoms. The standard InChI is InChI=1S/C18H17N5O2/c19-9-13-4-1-3-12(7-13)8-16-21-17-15(18(24)22-16)10-20-23(17)14-5-2-6-25-11-14/h1,3-4,7,10,14H,2,5-6,8,11H2,(H,21,22,24). The molecule has 126 valence electrons. The maximum absolute atomic E-state index is 12.4. The summed E-state index contributed by atoms with van der Waals surface area (Å²) < 4.78 is 7.34. The summed E-state index contributed by atoms with van der Waals surface area (Å²) in [6.45, 7) is 1.36. The largest absolute Gasteiger partial charge is 0.379 e. The molecule has 3 heterocycles. The molecule has 7 nitrogen and oxygen atoms in total. The van der Waals surface area contributed by atoms with E-state index in [1.807, 2.05) is 12.1 Å². The Morgan fingerprint density at radius 3 is 3.16 bits per heavy atom. The summed E-state index contributed by atoms with van der Waals surface area (Å²) in [6, 6.07) is 9.52. The Morgan fingerprint density at radius 2 is 2.36 bits per heavy atom. The van der Waals surface area contributed by atoms with Gasteiger partial charge >= 0.3 is 0 Å². The summed E-state index contributed by atoms with van der Waals surface area (Å²) >= 11 is 0. The highest BCUT2D eigenvalue weighted by Crippen LogP contribution is 2.22. The van der Waals surface area contributed by atoms with Crippen molar-refractivity contribution >= 4 is 11.0 Å². The topological polar surface area (TPSA) is 96.6 Å². The molecular weight excluding hydrogens is 318 g/mol. The molecule has 0 saturated carbocycles. The summed E-state index contributed by atoms with van der Waals surface area (Å²) in [6.07, 6.45) is 3.96. The first kappa shape index (κ1) is 15.5. The molecule has 0 aliphatic carbocycles. The number of ether oxygens (including phenoxy) is 1. The molecule has 1 saturated heterocycles. The number of hydrogen-bond acceptors (Lipinski definition) is 5. The van der Waals surface area contributed by atoms with Gasteiger partial charge in [0.05, 0.1) is 30.5 Å². The Morgan fingerprint density at radius 1 is 1.44 bits per heavy atom. The molecule has 1 aliphatic rings. The minimum atomic E-state index is -0.195. The fraction of sp³-hybridized carbons (Fsp3) is 0.333. The van der Waals surface area contributed by atoms with Crippen LogP contribution in [0.5, 0.6) is 0 Å². The Balaban J connectivity index is 1.72. The minimum absolute atomic E-state index is 0.107. The molecule has 25 heavy (non-hydrogen) atoms. The number of nitrogens with one attached hydrogen (secondary N) is 1. The number of H-pyrrole nitrogens is 1. The lowest BCUT2D eigenvalue weighted by Gasteiger charge is -2.22. The highest BCUT2D eigenvalue weighted by Gasteiger charge is 2.20. The van der Waals surface area contributed by atoms with Gasteiger partial charge in [0, 0.05) is 13.0 Å². The number of nitrogens with zero attached hydrogens (tertiary/aromatic N) is 4. The molecule has 3 aromatic rings. The monoisotopic (exact) mass is 335 g/mol. The lowest BCUT2D eigenvalue weighted by atomic mass is 10.1. The SMILES string of the molecule is N#Cc1cccc(Cc2nc3c(cnn3C3CCCOC3)c(=O)[nH]2)c1. The normalized spacial score (nSPS) is 17.5. The number of aromatic amines is 1. The Labute approximate surface area is 143 Å². The maximum Gasteiger partial charge on any atom is 0.262 e. The second kappa shape index (κ2) is 6.49. The molecule has 1 aliphatic heterocycles. The van der Waals surface area contributed by atoms with Gasteiger partial charge in [0.1, 0.15) is 11.2 Å². The molecule has 1 N–H and O–H groups in total. The number of benzene rings is 1. The number of aromatic nitrogens is 4. The first-order valence-electron chi connectivity index (χ1n) is 8.28. The number of rotatable bonds is 3. The van der Waals surface area contributed by atoms with Crippen LogP contribution in [0.3, 0.4) is 0 Å². The van der Waals surface area contributed by atoms with Crippen LogP contribution >= 0.6 is 0 Å². The second-order valence-electron chi connectivity index (χ2n) is 6.20. The van der Waals surface area contributed by atoms with Crippen molar-refractivity contribution in [2.45, 2.75) is 25.3 Å². The number of nitriles is 1. The Bertz CT molecular complexity index is 1010. The Hall–Kier alpha value is -2.98. The summed E-state index contributed by atoms with van der Waals surface area (Å²) in [5, 5.41) is 13.9. The molecular formula is C18H17N5O2. The highest BCUT2D eigenvalue weighted by atomic mass is 16.5. The number of hydrogen-bond donors (Lipinski definition) is 1. The predicted molar refractivity (Wildman–Crippen MR) is 91.2 cm³/mol. The third-order valence-corrected chi connectivity index (χ3v) is 4.42. The fourth-order valence-corrected chi connectivity index (χ4v) is 3.19. The van der Waals surface area contributed by atoms with Gasteiger partial charge in [0.25, 0.3) is 5.56 Å². The van der Waals surface area contributed by atoms with Crippen molar-refractivity contribution in [3.8, 4) is 6.07 Å². The van der Waals surface area contributed by atoms with Crippen LogP contribution in [-0.2, 0) is 11.2 Å². The van der Waals surface area contributed by atoms with Crippen molar-refractivity contribution < 1.29 is 4.74 Å². The van der Waals surface area contributed by atoms with Crippen LogP contribution < -0.4 is 5.56 Å². The highest BCUT2D eigenvalue weighted by molar-refractivity contribution is 5.73. The molecule has 1 fully saturated rings. The van der Waals surface area contributed by atoms with E-state index in [-0.39, 0.29) is 11.6 Å². The Kier molecular flexibility index (Phi) is 4.04.